The summed E-state index contributed by atoms with van der Waals surface area (Å²) in [5.74, 6) is 0.245. The number of carbonyl (C=O) groups excluding carboxylic acids is 1. The van der Waals surface area contributed by atoms with Crippen molar-refractivity contribution in [1.82, 2.24) is 14.8 Å². The second kappa shape index (κ2) is 8.02. The predicted molar refractivity (Wildman–Crippen MR) is 113 cm³/mol. The first-order valence-corrected chi connectivity index (χ1v) is 10.7. The number of thiocarbonyl (C=S) groups is 1. The number of likely N-dealkylation sites (tertiary alicyclic amines) is 1. The average Bonchev–Trinajstić information content (AvgIpc) is 3.13. The molecule has 2 N–H and O–H groups in total. The van der Waals surface area contributed by atoms with Crippen LogP contribution in [0.4, 0.5) is 15.0 Å². The Morgan fingerprint density at radius 3 is 2.76 bits per heavy atom. The number of aromatic nitrogens is 1. The Morgan fingerprint density at radius 2 is 2.10 bits per heavy atom. The highest BCUT2D eigenvalue weighted by atomic mass is 32.1. The summed E-state index contributed by atoms with van der Waals surface area (Å²) < 4.78 is 18.6. The molecule has 158 valence electrons. The molecule has 0 radical (unpaired) electrons. The SMILES string of the molecule is CCOC(=O)N1CC2(CC[C@@H](N3CCN(c4ncc(F)cc4C(N)=S)CC3)C2)C1. The Hall–Kier alpha value is -2.00. The first kappa shape index (κ1) is 20.3. The van der Waals surface area contributed by atoms with Gasteiger partial charge in [0.15, 0.2) is 0 Å². The second-order valence-corrected chi connectivity index (χ2v) is 8.80. The quantitative estimate of drug-likeness (QED) is 0.745. The molecule has 1 aromatic heterocycles. The lowest BCUT2D eigenvalue weighted by Crippen LogP contribution is -2.58. The van der Waals surface area contributed by atoms with Gasteiger partial charge >= 0.3 is 6.09 Å². The lowest BCUT2D eigenvalue weighted by atomic mass is 9.78. The van der Waals surface area contributed by atoms with Crippen LogP contribution in [0.1, 0.15) is 31.7 Å². The topological polar surface area (TPSA) is 74.9 Å². The van der Waals surface area contributed by atoms with Gasteiger partial charge in [0.25, 0.3) is 0 Å². The molecule has 1 atom stereocenters. The molecule has 3 fully saturated rings. The number of nitrogens with zero attached hydrogens (tertiary/aromatic N) is 4. The van der Waals surface area contributed by atoms with Gasteiger partial charge < -0.3 is 20.3 Å². The van der Waals surface area contributed by atoms with Crippen LogP contribution in [-0.4, -0.2) is 77.8 Å². The zero-order valence-corrected chi connectivity index (χ0v) is 17.6. The molecule has 29 heavy (non-hydrogen) atoms. The molecule has 1 aliphatic carbocycles. The van der Waals surface area contributed by atoms with E-state index >= 15 is 0 Å². The van der Waals surface area contributed by atoms with E-state index in [1.165, 1.54) is 25.1 Å². The minimum atomic E-state index is -0.427. The van der Waals surface area contributed by atoms with Gasteiger partial charge in [-0.1, -0.05) is 12.2 Å². The highest BCUT2D eigenvalue weighted by Gasteiger charge is 2.51. The summed E-state index contributed by atoms with van der Waals surface area (Å²) in [6, 6.07) is 1.92. The molecule has 1 amide bonds. The first-order valence-electron chi connectivity index (χ1n) is 10.3. The fraction of sp³-hybridized carbons (Fsp3) is 0.650. The van der Waals surface area contributed by atoms with Crippen LogP contribution in [0.2, 0.25) is 0 Å². The molecular weight excluding hydrogens is 393 g/mol. The average molecular weight is 422 g/mol. The summed E-state index contributed by atoms with van der Waals surface area (Å²) in [6.07, 6.45) is 4.50. The second-order valence-electron chi connectivity index (χ2n) is 8.36. The normalized spacial score (nSPS) is 23.9. The van der Waals surface area contributed by atoms with E-state index in [9.17, 15) is 9.18 Å². The molecule has 1 aromatic rings. The summed E-state index contributed by atoms with van der Waals surface area (Å²) in [4.78, 5) is 22.8. The van der Waals surface area contributed by atoms with Crippen LogP contribution >= 0.6 is 12.2 Å². The molecule has 9 heteroatoms. The van der Waals surface area contributed by atoms with Gasteiger partial charge in [0.1, 0.15) is 16.6 Å². The minimum absolute atomic E-state index is 0.170. The highest BCUT2D eigenvalue weighted by Crippen LogP contribution is 2.47. The van der Waals surface area contributed by atoms with Crippen molar-refractivity contribution >= 4 is 29.1 Å². The fourth-order valence-electron chi connectivity index (χ4n) is 5.05. The zero-order valence-electron chi connectivity index (χ0n) is 16.8. The van der Waals surface area contributed by atoms with Crippen LogP contribution in [0.3, 0.4) is 0 Å². The van der Waals surface area contributed by atoms with E-state index in [0.717, 1.165) is 45.7 Å². The van der Waals surface area contributed by atoms with Gasteiger partial charge in [-0.3, -0.25) is 4.90 Å². The molecule has 0 unspecified atom stereocenters. The number of halogens is 1. The predicted octanol–water partition coefficient (Wildman–Crippen LogP) is 1.99. The van der Waals surface area contributed by atoms with Gasteiger partial charge in [0.05, 0.1) is 18.4 Å². The van der Waals surface area contributed by atoms with Crippen LogP contribution in [0, 0.1) is 11.2 Å². The molecule has 3 heterocycles. The molecule has 3 aliphatic rings. The van der Waals surface area contributed by atoms with E-state index in [-0.39, 0.29) is 16.5 Å². The molecule has 1 saturated carbocycles. The lowest BCUT2D eigenvalue weighted by molar-refractivity contribution is -0.00294. The van der Waals surface area contributed by atoms with Crippen molar-refractivity contribution in [3.8, 4) is 0 Å². The maximum atomic E-state index is 13.5. The van der Waals surface area contributed by atoms with Gasteiger partial charge in [0.2, 0.25) is 0 Å². The van der Waals surface area contributed by atoms with Crippen molar-refractivity contribution in [1.29, 1.82) is 0 Å². The van der Waals surface area contributed by atoms with Gasteiger partial charge in [-0.25, -0.2) is 14.2 Å². The van der Waals surface area contributed by atoms with Crippen molar-refractivity contribution < 1.29 is 13.9 Å². The number of anilines is 1. The maximum Gasteiger partial charge on any atom is 0.409 e. The number of nitrogens with two attached hydrogens (primary N) is 1. The third-order valence-corrected chi connectivity index (χ3v) is 6.70. The molecule has 7 nitrogen and oxygen atoms in total. The van der Waals surface area contributed by atoms with Crippen LogP contribution in [-0.2, 0) is 4.74 Å². The maximum absolute atomic E-state index is 13.5. The standard InChI is InChI=1S/C20H28FN5O2S/c1-2-28-19(27)26-12-20(13-26)4-3-15(10-20)24-5-7-25(8-6-24)18-16(17(22)29)9-14(21)11-23-18/h9,11,15H,2-8,10,12-13H2,1H3,(H2,22,29)/t15-/m1/s1. The molecule has 0 bridgehead atoms. The zero-order chi connectivity index (χ0) is 20.6. The van der Waals surface area contributed by atoms with Gasteiger partial charge in [-0.15, -0.1) is 0 Å². The number of carbonyl (C=O) groups is 1. The van der Waals surface area contributed by atoms with E-state index < -0.39 is 5.82 Å². The summed E-state index contributed by atoms with van der Waals surface area (Å²) in [6.45, 7) is 7.38. The van der Waals surface area contributed by atoms with E-state index in [1.54, 1.807) is 0 Å². The third kappa shape index (κ3) is 4.02. The van der Waals surface area contributed by atoms with Crippen LogP contribution in [0.25, 0.3) is 0 Å². The minimum Gasteiger partial charge on any atom is -0.450 e. The van der Waals surface area contributed by atoms with Gasteiger partial charge in [0, 0.05) is 50.7 Å². The summed E-state index contributed by atoms with van der Waals surface area (Å²) >= 11 is 5.08. The number of pyridine rings is 1. The number of amides is 1. The Labute approximate surface area is 176 Å². The van der Waals surface area contributed by atoms with E-state index in [1.807, 2.05) is 11.8 Å². The van der Waals surface area contributed by atoms with Crippen molar-refractivity contribution in [2.24, 2.45) is 11.1 Å². The monoisotopic (exact) mass is 421 g/mol. The number of ether oxygens (including phenoxy) is 1. The summed E-state index contributed by atoms with van der Waals surface area (Å²) in [5, 5.41) is 0. The highest BCUT2D eigenvalue weighted by molar-refractivity contribution is 7.80. The molecule has 2 saturated heterocycles. The Balaban J connectivity index is 1.31. The Kier molecular flexibility index (Phi) is 5.61. The molecule has 0 aromatic carbocycles. The number of rotatable bonds is 4. The van der Waals surface area contributed by atoms with Crippen LogP contribution in [0.5, 0.6) is 0 Å². The van der Waals surface area contributed by atoms with Crippen LogP contribution < -0.4 is 10.6 Å². The van der Waals surface area contributed by atoms with Crippen molar-refractivity contribution in [3.63, 3.8) is 0 Å². The smallest absolute Gasteiger partial charge is 0.409 e. The van der Waals surface area contributed by atoms with Gasteiger partial charge in [-0.2, -0.15) is 0 Å². The van der Waals surface area contributed by atoms with Crippen molar-refractivity contribution in [3.05, 3.63) is 23.6 Å². The summed E-state index contributed by atoms with van der Waals surface area (Å²) in [7, 11) is 0. The Morgan fingerprint density at radius 1 is 1.38 bits per heavy atom. The first-order chi connectivity index (χ1) is 13.9. The van der Waals surface area contributed by atoms with E-state index in [4.69, 9.17) is 22.7 Å². The largest absolute Gasteiger partial charge is 0.450 e. The molecule has 4 rings (SSSR count). The number of hydrogen-bond acceptors (Lipinski definition) is 6. The fourth-order valence-corrected chi connectivity index (χ4v) is 5.20. The lowest BCUT2D eigenvalue weighted by Gasteiger charge is -2.48. The van der Waals surface area contributed by atoms with E-state index in [2.05, 4.69) is 14.8 Å². The third-order valence-electron chi connectivity index (χ3n) is 6.48. The van der Waals surface area contributed by atoms with Crippen molar-refractivity contribution in [2.45, 2.75) is 32.2 Å². The summed E-state index contributed by atoms with van der Waals surface area (Å²) in [5.41, 5.74) is 6.54. The number of hydrogen-bond donors (Lipinski definition) is 1. The van der Waals surface area contributed by atoms with Crippen LogP contribution in [0.15, 0.2) is 12.3 Å². The van der Waals surface area contributed by atoms with E-state index in [0.29, 0.717) is 24.0 Å². The van der Waals surface area contributed by atoms with Crippen molar-refractivity contribution in [2.75, 3.05) is 50.8 Å². The Bertz CT molecular complexity index is 793. The molecule has 2 aliphatic heterocycles. The molecular formula is C20H28FN5O2S. The molecule has 1 spiro atoms. The van der Waals surface area contributed by atoms with Gasteiger partial charge in [-0.05, 0) is 32.3 Å². The number of piperazine rings is 1.